The fourth-order valence-electron chi connectivity index (χ4n) is 3.35. The summed E-state index contributed by atoms with van der Waals surface area (Å²) < 4.78 is 46.5. The van der Waals surface area contributed by atoms with Gasteiger partial charge >= 0.3 is 0 Å². The van der Waals surface area contributed by atoms with E-state index in [1.54, 1.807) is 32.0 Å². The molecule has 0 saturated carbocycles. The van der Waals surface area contributed by atoms with Crippen LogP contribution >= 0.6 is 0 Å². The van der Waals surface area contributed by atoms with E-state index in [1.807, 2.05) is 0 Å². The maximum absolute atomic E-state index is 13.1. The number of nitrogens with one attached hydrogen (secondary N) is 2. The quantitative estimate of drug-likeness (QED) is 0.637. The Labute approximate surface area is 173 Å². The molecule has 1 saturated heterocycles. The normalized spacial score (nSPS) is 17.8. The van der Waals surface area contributed by atoms with Gasteiger partial charge in [-0.3, -0.25) is 5.10 Å². The molecule has 1 aliphatic heterocycles. The van der Waals surface area contributed by atoms with Crippen LogP contribution in [0.25, 0.3) is 0 Å². The Morgan fingerprint density at radius 1 is 1.23 bits per heavy atom. The van der Waals surface area contributed by atoms with Crippen LogP contribution in [0, 0.1) is 19.7 Å². The Kier molecular flexibility index (Phi) is 5.50. The molecule has 2 N–H and O–H groups in total. The van der Waals surface area contributed by atoms with E-state index >= 15 is 0 Å². The topological polar surface area (TPSA) is 113 Å². The second-order valence-corrected chi connectivity index (χ2v) is 8.79. The minimum absolute atomic E-state index is 0.137. The van der Waals surface area contributed by atoms with Crippen molar-refractivity contribution in [3.8, 4) is 0 Å². The summed E-state index contributed by atoms with van der Waals surface area (Å²) in [6.07, 6.45) is 0.586. The Hall–Kier alpha value is -2.89. The summed E-state index contributed by atoms with van der Waals surface area (Å²) in [5.74, 6) is 0.514. The summed E-state index contributed by atoms with van der Waals surface area (Å²) in [6.45, 7) is 3.98. The number of halogens is 1. The van der Waals surface area contributed by atoms with Crippen molar-refractivity contribution in [1.82, 2.24) is 24.5 Å². The molecule has 0 aromatic carbocycles. The number of anilines is 2. The van der Waals surface area contributed by atoms with Crippen molar-refractivity contribution in [1.29, 1.82) is 0 Å². The minimum Gasteiger partial charge on any atom is -0.369 e. The number of aryl methyl sites for hydroxylation is 2. The zero-order valence-corrected chi connectivity index (χ0v) is 17.3. The van der Waals surface area contributed by atoms with Crippen molar-refractivity contribution in [3.63, 3.8) is 0 Å². The molecule has 0 spiro atoms. The second-order valence-electron chi connectivity index (χ2n) is 6.92. The summed E-state index contributed by atoms with van der Waals surface area (Å²) in [7, 11) is -3.71. The van der Waals surface area contributed by atoms with Crippen molar-refractivity contribution in [2.24, 2.45) is 0 Å². The highest BCUT2D eigenvalue weighted by Gasteiger charge is 2.35. The highest BCUT2D eigenvalue weighted by Crippen LogP contribution is 2.28. The van der Waals surface area contributed by atoms with Crippen molar-refractivity contribution >= 4 is 21.7 Å². The van der Waals surface area contributed by atoms with Crippen LogP contribution in [0.1, 0.15) is 23.2 Å². The number of aromatic nitrogens is 4. The first-order chi connectivity index (χ1) is 14.3. The van der Waals surface area contributed by atoms with Crippen LogP contribution in [0.4, 0.5) is 16.0 Å². The van der Waals surface area contributed by atoms with Crippen molar-refractivity contribution < 1.29 is 17.5 Å². The predicted octanol–water partition coefficient (Wildman–Crippen LogP) is 2.46. The van der Waals surface area contributed by atoms with Gasteiger partial charge in [-0.15, -0.1) is 0 Å². The minimum atomic E-state index is -3.71. The third-order valence-electron chi connectivity index (χ3n) is 4.77. The zero-order chi connectivity index (χ0) is 21.3. The van der Waals surface area contributed by atoms with Crippen LogP contribution in [0.15, 0.2) is 41.4 Å². The molecule has 4 heterocycles. The van der Waals surface area contributed by atoms with E-state index in [2.05, 4.69) is 25.5 Å². The van der Waals surface area contributed by atoms with Crippen LogP contribution in [-0.4, -0.2) is 52.6 Å². The number of morpholine rings is 1. The molecule has 0 aliphatic carbocycles. The monoisotopic (exact) mass is 432 g/mol. The van der Waals surface area contributed by atoms with E-state index in [4.69, 9.17) is 4.74 Å². The number of rotatable bonds is 5. The molecule has 9 nitrogen and oxygen atoms in total. The molecule has 0 bridgehead atoms. The average molecular weight is 432 g/mol. The molecule has 1 aliphatic rings. The molecule has 0 amide bonds. The fraction of sp³-hybridized carbons (Fsp3) is 0.316. The largest absolute Gasteiger partial charge is 0.369 e. The van der Waals surface area contributed by atoms with Crippen molar-refractivity contribution in [3.05, 3.63) is 59.4 Å². The first-order valence-electron chi connectivity index (χ1n) is 9.33. The summed E-state index contributed by atoms with van der Waals surface area (Å²) >= 11 is 0. The molecule has 11 heteroatoms. The van der Waals surface area contributed by atoms with E-state index in [0.29, 0.717) is 28.7 Å². The molecule has 3 aromatic heterocycles. The predicted molar refractivity (Wildman–Crippen MR) is 107 cm³/mol. The standard InChI is InChI=1S/C19H21FN6O3S/c1-12-19(13(2)25-24-12)30(27,28)26-8-9-29-16(11-26)15-4-3-5-18(22-15)23-17-7-6-14(20)10-21-17/h3-7,10,16H,8-9,11H2,1-2H3,(H,24,25)(H,21,22,23). The SMILES string of the molecule is Cc1n[nH]c(C)c1S(=O)(=O)N1CCOC(c2cccc(Nc3ccc(F)cn3)n2)C1. The van der Waals surface area contributed by atoms with Gasteiger partial charge in [0.15, 0.2) is 0 Å². The van der Waals surface area contributed by atoms with Crippen molar-refractivity contribution in [2.45, 2.75) is 24.8 Å². The van der Waals surface area contributed by atoms with E-state index in [1.165, 1.54) is 16.4 Å². The van der Waals surface area contributed by atoms with E-state index in [9.17, 15) is 12.8 Å². The molecular weight excluding hydrogens is 411 g/mol. The Morgan fingerprint density at radius 3 is 2.77 bits per heavy atom. The van der Waals surface area contributed by atoms with E-state index in [-0.39, 0.29) is 24.6 Å². The maximum atomic E-state index is 13.1. The molecule has 4 rings (SSSR count). The lowest BCUT2D eigenvalue weighted by Gasteiger charge is -2.32. The van der Waals surface area contributed by atoms with Gasteiger partial charge in [-0.2, -0.15) is 9.40 Å². The lowest BCUT2D eigenvalue weighted by Crippen LogP contribution is -2.42. The number of ether oxygens (including phenoxy) is 1. The fourth-order valence-corrected chi connectivity index (χ4v) is 5.11. The second kappa shape index (κ2) is 8.09. The Morgan fingerprint density at radius 2 is 2.07 bits per heavy atom. The number of hydrogen-bond acceptors (Lipinski definition) is 7. The molecule has 0 radical (unpaired) electrons. The van der Waals surface area contributed by atoms with Crippen LogP contribution < -0.4 is 5.32 Å². The highest BCUT2D eigenvalue weighted by atomic mass is 32.2. The van der Waals surface area contributed by atoms with Gasteiger partial charge < -0.3 is 10.1 Å². The lowest BCUT2D eigenvalue weighted by atomic mass is 10.2. The van der Waals surface area contributed by atoms with Gasteiger partial charge in [-0.1, -0.05) is 6.07 Å². The first-order valence-corrected chi connectivity index (χ1v) is 10.8. The number of hydrogen-bond donors (Lipinski definition) is 2. The average Bonchev–Trinajstić information content (AvgIpc) is 3.09. The number of H-pyrrole nitrogens is 1. The number of sulfonamides is 1. The van der Waals surface area contributed by atoms with Crippen LogP contribution in [0.5, 0.6) is 0 Å². The number of pyridine rings is 2. The van der Waals surface area contributed by atoms with Gasteiger partial charge in [0, 0.05) is 13.1 Å². The zero-order valence-electron chi connectivity index (χ0n) is 16.5. The number of nitrogens with zero attached hydrogens (tertiary/aromatic N) is 4. The van der Waals surface area contributed by atoms with Gasteiger partial charge in [0.25, 0.3) is 0 Å². The van der Waals surface area contributed by atoms with Gasteiger partial charge in [0.2, 0.25) is 10.0 Å². The molecule has 158 valence electrons. The van der Waals surface area contributed by atoms with Gasteiger partial charge in [0.05, 0.1) is 29.9 Å². The summed E-state index contributed by atoms with van der Waals surface area (Å²) in [5.41, 5.74) is 1.53. The summed E-state index contributed by atoms with van der Waals surface area (Å²) in [4.78, 5) is 8.67. The third kappa shape index (κ3) is 4.04. The summed E-state index contributed by atoms with van der Waals surface area (Å²) in [5, 5.41) is 9.72. The van der Waals surface area contributed by atoms with E-state index < -0.39 is 21.9 Å². The Balaban J connectivity index is 1.54. The summed E-state index contributed by atoms with van der Waals surface area (Å²) in [6, 6.07) is 8.11. The molecule has 30 heavy (non-hydrogen) atoms. The molecular formula is C19H21FN6O3S. The smallest absolute Gasteiger partial charge is 0.246 e. The van der Waals surface area contributed by atoms with Crippen LogP contribution in [0.3, 0.4) is 0 Å². The molecule has 1 fully saturated rings. The number of aromatic amines is 1. The molecule has 1 atom stereocenters. The van der Waals surface area contributed by atoms with Crippen LogP contribution in [-0.2, 0) is 14.8 Å². The highest BCUT2D eigenvalue weighted by molar-refractivity contribution is 7.89. The molecule has 1 unspecified atom stereocenters. The Bertz CT molecular complexity index is 1130. The molecule has 3 aromatic rings. The van der Waals surface area contributed by atoms with Crippen LogP contribution in [0.2, 0.25) is 0 Å². The lowest BCUT2D eigenvalue weighted by molar-refractivity contribution is -0.00488. The van der Waals surface area contributed by atoms with Crippen molar-refractivity contribution in [2.75, 3.05) is 25.0 Å². The van der Waals surface area contributed by atoms with Gasteiger partial charge in [0.1, 0.15) is 28.5 Å². The van der Waals surface area contributed by atoms with E-state index in [0.717, 1.165) is 6.20 Å². The maximum Gasteiger partial charge on any atom is 0.246 e. The first kappa shape index (κ1) is 20.4. The van der Waals surface area contributed by atoms with Gasteiger partial charge in [-0.25, -0.2) is 22.8 Å². The third-order valence-corrected chi connectivity index (χ3v) is 6.90. The van der Waals surface area contributed by atoms with Gasteiger partial charge in [-0.05, 0) is 38.1 Å².